The van der Waals surface area contributed by atoms with Crippen LogP contribution in [0.4, 0.5) is 5.69 Å². The zero-order valence-electron chi connectivity index (χ0n) is 16.5. The fourth-order valence-corrected chi connectivity index (χ4v) is 4.97. The molecule has 3 rings (SSSR count). The van der Waals surface area contributed by atoms with Gasteiger partial charge in [-0.1, -0.05) is 30.8 Å². The van der Waals surface area contributed by atoms with Crippen molar-refractivity contribution in [2.75, 3.05) is 31.6 Å². The molecule has 1 aromatic carbocycles. The largest absolute Gasteiger partial charge is 0.379 e. The number of rotatable bonds is 7. The van der Waals surface area contributed by atoms with Gasteiger partial charge in [-0.05, 0) is 43.2 Å². The van der Waals surface area contributed by atoms with Gasteiger partial charge in [0.2, 0.25) is 15.9 Å². The third-order valence-electron chi connectivity index (χ3n) is 4.61. The molecule has 1 aliphatic heterocycles. The Balaban J connectivity index is 1.60. The first-order valence-corrected chi connectivity index (χ1v) is 11.8. The van der Waals surface area contributed by atoms with E-state index in [-0.39, 0.29) is 16.1 Å². The van der Waals surface area contributed by atoms with Crippen molar-refractivity contribution >= 4 is 33.4 Å². The molecule has 0 aliphatic carbocycles. The number of sulfonamides is 1. The summed E-state index contributed by atoms with van der Waals surface area (Å²) in [7, 11) is -3.57. The van der Waals surface area contributed by atoms with Gasteiger partial charge in [0.25, 0.3) is 0 Å². The van der Waals surface area contributed by atoms with Crippen LogP contribution >= 0.6 is 11.8 Å². The second-order valence-electron chi connectivity index (χ2n) is 6.65. The van der Waals surface area contributed by atoms with Crippen molar-refractivity contribution in [1.29, 1.82) is 0 Å². The lowest BCUT2D eigenvalue weighted by Gasteiger charge is -2.25. The van der Waals surface area contributed by atoms with Crippen molar-refractivity contribution in [1.82, 2.24) is 9.29 Å². The summed E-state index contributed by atoms with van der Waals surface area (Å²) in [5.74, 6) is -0.133. The molecule has 2 aromatic rings. The second-order valence-corrected chi connectivity index (χ2v) is 9.95. The molecule has 0 bridgehead atoms. The third kappa shape index (κ3) is 5.57. The van der Waals surface area contributed by atoms with Gasteiger partial charge in [-0.3, -0.25) is 4.79 Å². The Morgan fingerprint density at radius 2 is 1.90 bits per heavy atom. The summed E-state index contributed by atoms with van der Waals surface area (Å²) >= 11 is 1.28. The number of benzene rings is 1. The minimum absolute atomic E-state index is 0.133. The summed E-state index contributed by atoms with van der Waals surface area (Å²) in [6.45, 7) is 5.35. The molecule has 0 radical (unpaired) electrons. The minimum Gasteiger partial charge on any atom is -0.379 e. The third-order valence-corrected chi connectivity index (χ3v) is 7.55. The van der Waals surface area contributed by atoms with E-state index in [0.29, 0.717) is 31.3 Å². The number of morpholine rings is 1. The molecule has 1 fully saturated rings. The quantitative estimate of drug-likeness (QED) is 0.673. The van der Waals surface area contributed by atoms with Gasteiger partial charge >= 0.3 is 0 Å². The van der Waals surface area contributed by atoms with Crippen LogP contribution in [0.5, 0.6) is 0 Å². The number of pyridine rings is 1. The molecule has 1 aromatic heterocycles. The predicted octanol–water partition coefficient (Wildman–Crippen LogP) is 2.78. The van der Waals surface area contributed by atoms with Crippen molar-refractivity contribution in [3.05, 3.63) is 48.2 Å². The summed E-state index contributed by atoms with van der Waals surface area (Å²) < 4.78 is 31.9. The van der Waals surface area contributed by atoms with Crippen molar-refractivity contribution in [2.45, 2.75) is 35.4 Å². The molecular weight excluding hydrogens is 410 g/mol. The van der Waals surface area contributed by atoms with Crippen molar-refractivity contribution in [3.8, 4) is 0 Å². The Morgan fingerprint density at radius 3 is 2.48 bits per heavy atom. The molecule has 1 amide bonds. The number of ether oxygens (including phenoxy) is 1. The number of carbonyl (C=O) groups is 1. The number of aromatic nitrogens is 1. The first kappa shape index (κ1) is 21.8. The van der Waals surface area contributed by atoms with Crippen molar-refractivity contribution < 1.29 is 17.9 Å². The zero-order valence-corrected chi connectivity index (χ0v) is 18.1. The van der Waals surface area contributed by atoms with E-state index < -0.39 is 10.0 Å². The molecule has 29 heavy (non-hydrogen) atoms. The normalized spacial score (nSPS) is 16.3. The van der Waals surface area contributed by atoms with E-state index in [1.807, 2.05) is 24.3 Å². The molecule has 1 atom stereocenters. The Labute approximate surface area is 175 Å². The maximum atomic E-state index is 12.6. The van der Waals surface area contributed by atoms with E-state index in [2.05, 4.69) is 17.2 Å². The number of nitrogens with one attached hydrogen (secondary N) is 1. The molecule has 1 saturated heterocycles. The maximum absolute atomic E-state index is 12.6. The monoisotopic (exact) mass is 435 g/mol. The number of thioether (sulfide) groups is 1. The molecule has 1 aliphatic rings. The Morgan fingerprint density at radius 1 is 1.21 bits per heavy atom. The number of hydrogen-bond acceptors (Lipinski definition) is 6. The maximum Gasteiger partial charge on any atom is 0.244 e. The molecule has 1 N–H and O–H groups in total. The predicted molar refractivity (Wildman–Crippen MR) is 114 cm³/mol. The van der Waals surface area contributed by atoms with E-state index in [1.54, 1.807) is 13.0 Å². The van der Waals surface area contributed by atoms with Crippen LogP contribution in [0.2, 0.25) is 0 Å². The summed E-state index contributed by atoms with van der Waals surface area (Å²) in [6.07, 6.45) is 2.30. The molecule has 156 valence electrons. The summed E-state index contributed by atoms with van der Waals surface area (Å²) in [5.41, 5.74) is 1.96. The van der Waals surface area contributed by atoms with Crippen LogP contribution in [-0.2, 0) is 26.0 Å². The summed E-state index contributed by atoms with van der Waals surface area (Å²) in [4.78, 5) is 16.8. The number of aryl methyl sites for hydroxylation is 1. The van der Waals surface area contributed by atoms with Crippen LogP contribution in [-0.4, -0.2) is 55.2 Å². The number of amides is 1. The lowest BCUT2D eigenvalue weighted by atomic mass is 10.1. The average molecular weight is 436 g/mol. The van der Waals surface area contributed by atoms with Crippen LogP contribution in [0.1, 0.15) is 19.4 Å². The van der Waals surface area contributed by atoms with Gasteiger partial charge in [-0.2, -0.15) is 4.31 Å². The fraction of sp³-hybridized carbons (Fsp3) is 0.400. The van der Waals surface area contributed by atoms with Crippen LogP contribution < -0.4 is 5.32 Å². The molecule has 0 saturated carbocycles. The van der Waals surface area contributed by atoms with Gasteiger partial charge in [0.15, 0.2) is 0 Å². The lowest BCUT2D eigenvalue weighted by Crippen LogP contribution is -2.40. The molecule has 9 heteroatoms. The van der Waals surface area contributed by atoms with E-state index in [4.69, 9.17) is 4.74 Å². The Hall–Kier alpha value is -1.94. The average Bonchev–Trinajstić information content (AvgIpc) is 2.75. The van der Waals surface area contributed by atoms with Crippen LogP contribution in [0, 0.1) is 0 Å². The smallest absolute Gasteiger partial charge is 0.244 e. The van der Waals surface area contributed by atoms with E-state index in [9.17, 15) is 13.2 Å². The zero-order chi connectivity index (χ0) is 20.9. The minimum atomic E-state index is -3.57. The first-order chi connectivity index (χ1) is 13.9. The van der Waals surface area contributed by atoms with Crippen LogP contribution in [0.15, 0.2) is 52.5 Å². The van der Waals surface area contributed by atoms with Gasteiger partial charge in [0, 0.05) is 25.0 Å². The van der Waals surface area contributed by atoms with Crippen molar-refractivity contribution in [2.24, 2.45) is 0 Å². The number of anilines is 1. The van der Waals surface area contributed by atoms with Crippen LogP contribution in [0.3, 0.4) is 0 Å². The Bertz CT molecular complexity index is 925. The highest BCUT2D eigenvalue weighted by Crippen LogP contribution is 2.24. The standard InChI is InChI=1S/C20H25N3O4S2/c1-3-16-4-6-17(7-5-16)22-20(24)15(2)28-19-9-8-18(14-21-19)29(25,26)23-10-12-27-13-11-23/h4-9,14-15H,3,10-13H2,1-2H3,(H,22,24). The highest BCUT2D eigenvalue weighted by molar-refractivity contribution is 8.00. The molecule has 7 nitrogen and oxygen atoms in total. The van der Waals surface area contributed by atoms with Crippen LogP contribution in [0.25, 0.3) is 0 Å². The number of carbonyl (C=O) groups excluding carboxylic acids is 1. The van der Waals surface area contributed by atoms with Crippen molar-refractivity contribution in [3.63, 3.8) is 0 Å². The van der Waals surface area contributed by atoms with Gasteiger partial charge in [0.1, 0.15) is 4.90 Å². The number of nitrogens with zero attached hydrogens (tertiary/aromatic N) is 2. The highest BCUT2D eigenvalue weighted by atomic mass is 32.2. The highest BCUT2D eigenvalue weighted by Gasteiger charge is 2.26. The molecular formula is C20H25N3O4S2. The van der Waals surface area contributed by atoms with E-state index in [0.717, 1.165) is 12.1 Å². The lowest BCUT2D eigenvalue weighted by molar-refractivity contribution is -0.115. The van der Waals surface area contributed by atoms with Gasteiger partial charge in [-0.15, -0.1) is 0 Å². The summed E-state index contributed by atoms with van der Waals surface area (Å²) in [5, 5.41) is 3.10. The molecule has 1 unspecified atom stereocenters. The first-order valence-electron chi connectivity index (χ1n) is 9.50. The topological polar surface area (TPSA) is 88.6 Å². The fourth-order valence-electron chi connectivity index (χ4n) is 2.83. The Kier molecular flexibility index (Phi) is 7.28. The molecule has 2 heterocycles. The second kappa shape index (κ2) is 9.71. The van der Waals surface area contributed by atoms with Gasteiger partial charge in [-0.25, -0.2) is 13.4 Å². The van der Waals surface area contributed by atoms with E-state index >= 15 is 0 Å². The van der Waals surface area contributed by atoms with Gasteiger partial charge < -0.3 is 10.1 Å². The van der Waals surface area contributed by atoms with Gasteiger partial charge in [0.05, 0.1) is 23.5 Å². The number of hydrogen-bond donors (Lipinski definition) is 1. The summed E-state index contributed by atoms with van der Waals surface area (Å²) in [6, 6.07) is 10.9. The van der Waals surface area contributed by atoms with E-state index in [1.165, 1.54) is 33.9 Å². The SMILES string of the molecule is CCc1ccc(NC(=O)C(C)Sc2ccc(S(=O)(=O)N3CCOCC3)cn2)cc1. The molecule has 0 spiro atoms.